The van der Waals surface area contributed by atoms with Gasteiger partial charge in [0.05, 0.1) is 0 Å². The van der Waals surface area contributed by atoms with E-state index in [9.17, 15) is 13.9 Å². The number of hydrogen-bond acceptors (Lipinski definition) is 1. The molecular weight excluding hydrogens is 290 g/mol. The van der Waals surface area contributed by atoms with Gasteiger partial charge < -0.3 is 5.11 Å². The minimum atomic E-state index is -2.48. The van der Waals surface area contributed by atoms with Crippen LogP contribution in [-0.4, -0.2) is 11.5 Å². The molecular formula is C13H17BrF2O. The van der Waals surface area contributed by atoms with E-state index in [0.29, 0.717) is 5.56 Å². The molecule has 0 radical (unpaired) electrons. The van der Waals surface area contributed by atoms with E-state index in [2.05, 4.69) is 15.9 Å². The summed E-state index contributed by atoms with van der Waals surface area (Å²) < 4.78 is 26.1. The van der Waals surface area contributed by atoms with E-state index in [1.807, 2.05) is 20.8 Å². The van der Waals surface area contributed by atoms with Crippen LogP contribution in [0.4, 0.5) is 8.78 Å². The van der Waals surface area contributed by atoms with Crippen molar-refractivity contribution in [3.63, 3.8) is 0 Å². The molecule has 1 aromatic carbocycles. The molecule has 1 nitrogen and oxygen atoms in total. The van der Waals surface area contributed by atoms with E-state index < -0.39 is 12.3 Å². The molecule has 1 aromatic rings. The number of hydrogen-bond donors (Lipinski definition) is 1. The fourth-order valence-corrected chi connectivity index (χ4v) is 2.58. The average Bonchev–Trinajstić information content (AvgIpc) is 2.14. The lowest BCUT2D eigenvalue weighted by Gasteiger charge is -2.24. The highest BCUT2D eigenvalue weighted by atomic mass is 79.9. The molecule has 0 aliphatic rings. The fraction of sp³-hybridized carbons (Fsp3) is 0.538. The number of phenols is 1. The Morgan fingerprint density at radius 3 is 2.18 bits per heavy atom. The number of benzene rings is 1. The van der Waals surface area contributed by atoms with Crippen molar-refractivity contribution in [1.82, 2.24) is 0 Å². The molecule has 4 heteroatoms. The number of phenolic OH excluding ortho intramolecular Hbond substituents is 1. The molecule has 1 atom stereocenters. The lowest BCUT2D eigenvalue weighted by molar-refractivity contribution is 0.120. The normalized spacial score (nSPS) is 14.1. The van der Waals surface area contributed by atoms with E-state index in [0.717, 1.165) is 10.0 Å². The largest absolute Gasteiger partial charge is 0.508 e. The molecule has 0 bridgehead atoms. The molecule has 0 aliphatic heterocycles. The first kappa shape index (κ1) is 14.4. The first-order valence-electron chi connectivity index (χ1n) is 5.45. The van der Waals surface area contributed by atoms with E-state index in [1.165, 1.54) is 13.0 Å². The molecule has 1 unspecified atom stereocenters. The Kier molecular flexibility index (Phi) is 4.18. The third-order valence-electron chi connectivity index (χ3n) is 2.79. The maximum Gasteiger partial charge on any atom is 0.245 e. The first-order valence-corrected chi connectivity index (χ1v) is 6.25. The second-order valence-corrected chi connectivity index (χ2v) is 6.12. The van der Waals surface area contributed by atoms with Crippen molar-refractivity contribution in [3.8, 4) is 5.75 Å². The van der Waals surface area contributed by atoms with Crippen molar-refractivity contribution in [3.05, 3.63) is 27.7 Å². The van der Waals surface area contributed by atoms with Crippen molar-refractivity contribution in [2.75, 3.05) is 0 Å². The lowest BCUT2D eigenvalue weighted by Crippen LogP contribution is -2.14. The van der Waals surface area contributed by atoms with Crippen molar-refractivity contribution in [2.45, 2.75) is 45.5 Å². The molecule has 0 heterocycles. The predicted molar refractivity (Wildman–Crippen MR) is 68.9 cm³/mol. The second kappa shape index (κ2) is 4.92. The van der Waals surface area contributed by atoms with Crippen LogP contribution in [0.5, 0.6) is 5.75 Å². The highest BCUT2D eigenvalue weighted by molar-refractivity contribution is 9.10. The van der Waals surface area contributed by atoms with Gasteiger partial charge in [-0.05, 0) is 23.1 Å². The van der Waals surface area contributed by atoms with Gasteiger partial charge in [-0.2, -0.15) is 0 Å². The van der Waals surface area contributed by atoms with Crippen LogP contribution >= 0.6 is 15.9 Å². The van der Waals surface area contributed by atoms with Gasteiger partial charge in [0.25, 0.3) is 0 Å². The summed E-state index contributed by atoms with van der Waals surface area (Å²) in [7, 11) is 0. The molecule has 1 N–H and O–H groups in total. The lowest BCUT2D eigenvalue weighted by atomic mass is 9.84. The van der Waals surface area contributed by atoms with E-state index in [4.69, 9.17) is 0 Å². The zero-order valence-corrected chi connectivity index (χ0v) is 12.0. The summed E-state index contributed by atoms with van der Waals surface area (Å²) in [6.07, 6.45) is -2.48. The molecule has 96 valence electrons. The van der Waals surface area contributed by atoms with Crippen molar-refractivity contribution >= 4 is 15.9 Å². The van der Waals surface area contributed by atoms with E-state index >= 15 is 0 Å². The van der Waals surface area contributed by atoms with Gasteiger partial charge in [0.1, 0.15) is 5.75 Å². The maximum atomic E-state index is 12.7. The van der Waals surface area contributed by atoms with Crippen molar-refractivity contribution in [1.29, 1.82) is 0 Å². The number of alkyl halides is 2. The topological polar surface area (TPSA) is 20.2 Å². The molecule has 0 fully saturated rings. The second-order valence-electron chi connectivity index (χ2n) is 5.26. The molecule has 0 saturated heterocycles. The molecule has 17 heavy (non-hydrogen) atoms. The van der Waals surface area contributed by atoms with Gasteiger partial charge in [-0.3, -0.25) is 0 Å². The fourth-order valence-electron chi connectivity index (χ4n) is 1.65. The molecule has 0 aromatic heterocycles. The quantitative estimate of drug-likeness (QED) is 0.830. The minimum Gasteiger partial charge on any atom is -0.508 e. The number of aromatic hydroxyl groups is 1. The van der Waals surface area contributed by atoms with Crippen molar-refractivity contribution in [2.24, 2.45) is 0 Å². The summed E-state index contributed by atoms with van der Waals surface area (Å²) in [5.74, 6) is -1.05. The van der Waals surface area contributed by atoms with Gasteiger partial charge >= 0.3 is 0 Å². The van der Waals surface area contributed by atoms with Crippen LogP contribution in [0.3, 0.4) is 0 Å². The molecule has 0 spiro atoms. The van der Waals surface area contributed by atoms with Crippen LogP contribution in [0.15, 0.2) is 16.6 Å². The van der Waals surface area contributed by atoms with Gasteiger partial charge in [-0.25, -0.2) is 8.78 Å². The summed E-state index contributed by atoms with van der Waals surface area (Å²) in [5.41, 5.74) is 1.05. The summed E-state index contributed by atoms with van der Waals surface area (Å²) in [6.45, 7) is 7.42. The van der Waals surface area contributed by atoms with E-state index in [1.54, 1.807) is 6.07 Å². The Balaban J connectivity index is 3.34. The third kappa shape index (κ3) is 3.18. The Morgan fingerprint density at radius 1 is 1.24 bits per heavy atom. The Labute approximate surface area is 109 Å². The average molecular weight is 307 g/mol. The van der Waals surface area contributed by atoms with Gasteiger partial charge in [-0.15, -0.1) is 0 Å². The zero-order valence-electron chi connectivity index (χ0n) is 10.4. The highest BCUT2D eigenvalue weighted by Crippen LogP contribution is 2.38. The summed E-state index contributed by atoms with van der Waals surface area (Å²) >= 11 is 3.36. The van der Waals surface area contributed by atoms with Crippen LogP contribution in [-0.2, 0) is 5.41 Å². The van der Waals surface area contributed by atoms with Gasteiger partial charge in [0.15, 0.2) is 0 Å². The SMILES string of the molecule is CC(c1cc(C(C)(C)C)c(Br)cc1O)C(F)F. The Bertz CT molecular complexity index is 411. The van der Waals surface area contributed by atoms with Gasteiger partial charge in [0, 0.05) is 16.0 Å². The molecule has 0 aliphatic carbocycles. The molecule has 1 rings (SSSR count). The van der Waals surface area contributed by atoms with Crippen LogP contribution < -0.4 is 0 Å². The third-order valence-corrected chi connectivity index (χ3v) is 3.45. The van der Waals surface area contributed by atoms with Crippen LogP contribution in [0, 0.1) is 0 Å². The Hall–Kier alpha value is -0.640. The number of rotatable bonds is 2. The first-order chi connectivity index (χ1) is 7.64. The maximum absolute atomic E-state index is 12.7. The summed E-state index contributed by atoms with van der Waals surface area (Å²) in [6, 6.07) is 3.16. The highest BCUT2D eigenvalue weighted by Gasteiger charge is 2.25. The zero-order chi connectivity index (χ0) is 13.4. The smallest absolute Gasteiger partial charge is 0.245 e. The van der Waals surface area contributed by atoms with Gasteiger partial charge in [-0.1, -0.05) is 43.6 Å². The minimum absolute atomic E-state index is 0.0855. The standard InChI is InChI=1S/C13H17BrF2O/c1-7(12(15)16)8-5-9(13(2,3)4)10(14)6-11(8)17/h5-7,12,17H,1-4H3. The number of halogens is 3. The van der Waals surface area contributed by atoms with Crippen LogP contribution in [0.25, 0.3) is 0 Å². The van der Waals surface area contributed by atoms with Crippen LogP contribution in [0.2, 0.25) is 0 Å². The van der Waals surface area contributed by atoms with Crippen LogP contribution in [0.1, 0.15) is 44.7 Å². The summed E-state index contributed by atoms with van der Waals surface area (Å²) in [5, 5.41) is 9.74. The Morgan fingerprint density at radius 2 is 1.76 bits per heavy atom. The molecule has 0 amide bonds. The molecule has 0 saturated carbocycles. The summed E-state index contributed by atoms with van der Waals surface area (Å²) in [4.78, 5) is 0. The monoisotopic (exact) mass is 306 g/mol. The van der Waals surface area contributed by atoms with Crippen molar-refractivity contribution < 1.29 is 13.9 Å². The predicted octanol–water partition coefficient (Wildman–Crippen LogP) is 4.82. The van der Waals surface area contributed by atoms with Gasteiger partial charge in [0.2, 0.25) is 6.43 Å². The van der Waals surface area contributed by atoms with E-state index in [-0.39, 0.29) is 11.2 Å².